The molecular formula is C17H22N2O3. The van der Waals surface area contributed by atoms with Crippen molar-refractivity contribution in [2.75, 3.05) is 25.5 Å². The molecule has 0 radical (unpaired) electrons. The third-order valence-electron chi connectivity index (χ3n) is 4.63. The van der Waals surface area contributed by atoms with Crippen LogP contribution in [0, 0.1) is 5.92 Å². The number of hydrogen-bond donors (Lipinski definition) is 1. The maximum absolute atomic E-state index is 12.6. The molecule has 1 N–H and O–H groups in total. The van der Waals surface area contributed by atoms with Gasteiger partial charge in [0, 0.05) is 25.2 Å². The Morgan fingerprint density at radius 2 is 2.23 bits per heavy atom. The fraction of sp³-hybridized carbons (Fsp3) is 0.529. The van der Waals surface area contributed by atoms with Crippen molar-refractivity contribution in [2.45, 2.75) is 32.1 Å². The number of nitrogens with zero attached hydrogens (tertiary/aromatic N) is 1. The number of carbonyl (C=O) groups excluding carboxylic acids is 2. The predicted molar refractivity (Wildman–Crippen MR) is 84.0 cm³/mol. The van der Waals surface area contributed by atoms with Gasteiger partial charge in [-0.3, -0.25) is 9.59 Å². The van der Waals surface area contributed by atoms with Crippen molar-refractivity contribution in [3.8, 4) is 5.75 Å². The molecule has 3 rings (SSSR count). The average molecular weight is 302 g/mol. The Hall–Kier alpha value is -2.04. The highest BCUT2D eigenvalue weighted by molar-refractivity contribution is 6.07. The minimum absolute atomic E-state index is 0.00407. The lowest BCUT2D eigenvalue weighted by atomic mass is 9.81. The zero-order chi connectivity index (χ0) is 15.9. The van der Waals surface area contributed by atoms with E-state index in [1.807, 2.05) is 36.9 Å². The summed E-state index contributed by atoms with van der Waals surface area (Å²) in [5.41, 5.74) is 1.18. The molecule has 0 saturated carbocycles. The van der Waals surface area contributed by atoms with Crippen LogP contribution in [0.25, 0.3) is 0 Å². The Morgan fingerprint density at radius 3 is 2.91 bits per heavy atom. The van der Waals surface area contributed by atoms with E-state index in [2.05, 4.69) is 5.32 Å². The van der Waals surface area contributed by atoms with Crippen LogP contribution in [0.2, 0.25) is 0 Å². The van der Waals surface area contributed by atoms with Crippen LogP contribution >= 0.6 is 0 Å². The van der Waals surface area contributed by atoms with Crippen molar-refractivity contribution < 1.29 is 14.3 Å². The van der Waals surface area contributed by atoms with Crippen LogP contribution in [0.1, 0.15) is 32.3 Å². The van der Waals surface area contributed by atoms with Gasteiger partial charge in [0.15, 0.2) is 0 Å². The smallest absolute Gasteiger partial charge is 0.237 e. The second-order valence-electron chi connectivity index (χ2n) is 6.61. The second kappa shape index (κ2) is 5.30. The first-order chi connectivity index (χ1) is 10.5. The van der Waals surface area contributed by atoms with Crippen LogP contribution in [0.5, 0.6) is 5.75 Å². The third-order valence-corrected chi connectivity index (χ3v) is 4.63. The number of benzene rings is 1. The van der Waals surface area contributed by atoms with Gasteiger partial charge in [-0.25, -0.2) is 0 Å². The van der Waals surface area contributed by atoms with Gasteiger partial charge in [-0.2, -0.15) is 0 Å². The van der Waals surface area contributed by atoms with E-state index in [9.17, 15) is 9.59 Å². The summed E-state index contributed by atoms with van der Waals surface area (Å²) in [5.74, 6) is 1.20. The molecule has 1 aromatic rings. The lowest BCUT2D eigenvalue weighted by Crippen LogP contribution is -2.39. The van der Waals surface area contributed by atoms with Crippen LogP contribution in [-0.2, 0) is 15.0 Å². The summed E-state index contributed by atoms with van der Waals surface area (Å²) in [7, 11) is 1.62. The summed E-state index contributed by atoms with van der Waals surface area (Å²) >= 11 is 0. The minimum atomic E-state index is -0.615. The van der Waals surface area contributed by atoms with Gasteiger partial charge < -0.3 is 15.0 Å². The molecule has 1 atom stereocenters. The molecule has 0 unspecified atom stereocenters. The van der Waals surface area contributed by atoms with Crippen LogP contribution in [0.3, 0.4) is 0 Å². The van der Waals surface area contributed by atoms with Crippen molar-refractivity contribution in [1.29, 1.82) is 0 Å². The maximum Gasteiger partial charge on any atom is 0.237 e. The standard InChI is InChI=1S/C17H22N2O3/c1-11(2)8-15(20)19-7-6-17(10-19)13-9-12(22-3)4-5-14(13)18-16(17)21/h4-5,9,11H,6-8,10H2,1-3H3,(H,18,21)/t17-/m0/s1. The van der Waals surface area contributed by atoms with E-state index < -0.39 is 5.41 Å². The highest BCUT2D eigenvalue weighted by atomic mass is 16.5. The molecule has 22 heavy (non-hydrogen) atoms. The second-order valence-corrected chi connectivity index (χ2v) is 6.61. The Labute approximate surface area is 130 Å². The molecule has 2 aliphatic heterocycles. The molecule has 0 aliphatic carbocycles. The minimum Gasteiger partial charge on any atom is -0.497 e. The van der Waals surface area contributed by atoms with E-state index >= 15 is 0 Å². The van der Waals surface area contributed by atoms with E-state index in [-0.39, 0.29) is 11.8 Å². The van der Waals surface area contributed by atoms with Gasteiger partial charge in [0.05, 0.1) is 12.5 Å². The molecule has 2 aliphatic rings. The molecule has 1 aromatic carbocycles. The van der Waals surface area contributed by atoms with E-state index in [1.165, 1.54) is 0 Å². The first-order valence-corrected chi connectivity index (χ1v) is 7.74. The van der Waals surface area contributed by atoms with Gasteiger partial charge in [-0.1, -0.05) is 13.8 Å². The zero-order valence-electron chi connectivity index (χ0n) is 13.3. The summed E-state index contributed by atoms with van der Waals surface area (Å²) in [6.07, 6.45) is 1.20. The van der Waals surface area contributed by atoms with E-state index in [0.29, 0.717) is 31.8 Å². The monoisotopic (exact) mass is 302 g/mol. The van der Waals surface area contributed by atoms with Crippen molar-refractivity contribution in [3.63, 3.8) is 0 Å². The number of likely N-dealkylation sites (tertiary alicyclic amines) is 1. The van der Waals surface area contributed by atoms with Crippen molar-refractivity contribution in [2.24, 2.45) is 5.92 Å². The Kier molecular flexibility index (Phi) is 3.59. The number of hydrogen-bond acceptors (Lipinski definition) is 3. The number of amides is 2. The van der Waals surface area contributed by atoms with Gasteiger partial charge in [-0.15, -0.1) is 0 Å². The van der Waals surface area contributed by atoms with Gasteiger partial charge >= 0.3 is 0 Å². The summed E-state index contributed by atoms with van der Waals surface area (Å²) in [6.45, 7) is 5.17. The fourth-order valence-corrected chi connectivity index (χ4v) is 3.43. The van der Waals surface area contributed by atoms with Crippen LogP contribution in [0.15, 0.2) is 18.2 Å². The lowest BCUT2D eigenvalue weighted by Gasteiger charge is -2.23. The number of ether oxygens (including phenoxy) is 1. The van der Waals surface area contributed by atoms with E-state index in [4.69, 9.17) is 4.74 Å². The molecule has 5 heteroatoms. The molecule has 0 bridgehead atoms. The molecule has 5 nitrogen and oxygen atoms in total. The Morgan fingerprint density at radius 1 is 1.45 bits per heavy atom. The van der Waals surface area contributed by atoms with Crippen LogP contribution < -0.4 is 10.1 Å². The van der Waals surface area contributed by atoms with Crippen LogP contribution in [-0.4, -0.2) is 36.9 Å². The van der Waals surface area contributed by atoms with Crippen molar-refractivity contribution in [1.82, 2.24) is 4.90 Å². The average Bonchev–Trinajstić information content (AvgIpc) is 3.03. The first-order valence-electron chi connectivity index (χ1n) is 7.74. The highest BCUT2D eigenvalue weighted by Crippen LogP contribution is 2.45. The summed E-state index contributed by atoms with van der Waals surface area (Å²) in [4.78, 5) is 26.7. The molecule has 2 heterocycles. The molecule has 118 valence electrons. The Bertz CT molecular complexity index is 626. The van der Waals surface area contributed by atoms with Gasteiger partial charge in [-0.05, 0) is 36.1 Å². The zero-order valence-corrected chi connectivity index (χ0v) is 13.3. The highest BCUT2D eigenvalue weighted by Gasteiger charge is 2.52. The molecular weight excluding hydrogens is 280 g/mol. The van der Waals surface area contributed by atoms with Crippen molar-refractivity contribution in [3.05, 3.63) is 23.8 Å². The lowest BCUT2D eigenvalue weighted by molar-refractivity contribution is -0.131. The predicted octanol–water partition coefficient (Wildman–Crippen LogP) is 2.16. The van der Waals surface area contributed by atoms with Gasteiger partial charge in [0.1, 0.15) is 5.75 Å². The number of fused-ring (bicyclic) bond motifs is 2. The maximum atomic E-state index is 12.6. The number of rotatable bonds is 3. The number of methoxy groups -OCH3 is 1. The topological polar surface area (TPSA) is 58.6 Å². The van der Waals surface area contributed by atoms with E-state index in [0.717, 1.165) is 17.0 Å². The normalized spacial score (nSPS) is 23.1. The molecule has 1 fully saturated rings. The fourth-order valence-electron chi connectivity index (χ4n) is 3.43. The van der Waals surface area contributed by atoms with E-state index in [1.54, 1.807) is 7.11 Å². The third kappa shape index (κ3) is 2.25. The SMILES string of the molecule is COc1ccc2c(c1)[C@@]1(CCN(C(=O)CC(C)C)C1)C(=O)N2. The number of nitrogens with one attached hydrogen (secondary N) is 1. The Balaban J connectivity index is 1.89. The first kappa shape index (κ1) is 14.9. The quantitative estimate of drug-likeness (QED) is 0.931. The molecule has 1 spiro atoms. The summed E-state index contributed by atoms with van der Waals surface area (Å²) in [6, 6.07) is 5.64. The number of anilines is 1. The van der Waals surface area contributed by atoms with Crippen LogP contribution in [0.4, 0.5) is 5.69 Å². The van der Waals surface area contributed by atoms with Crippen molar-refractivity contribution >= 4 is 17.5 Å². The molecule has 0 aromatic heterocycles. The number of carbonyl (C=O) groups is 2. The summed E-state index contributed by atoms with van der Waals surface area (Å²) in [5, 5.41) is 2.95. The molecule has 2 amide bonds. The largest absolute Gasteiger partial charge is 0.497 e. The summed E-state index contributed by atoms with van der Waals surface area (Å²) < 4.78 is 5.28. The molecule has 1 saturated heterocycles. The van der Waals surface area contributed by atoms with Gasteiger partial charge in [0.2, 0.25) is 11.8 Å². The van der Waals surface area contributed by atoms with Gasteiger partial charge in [0.25, 0.3) is 0 Å².